The summed E-state index contributed by atoms with van der Waals surface area (Å²) in [7, 11) is 0. The van der Waals surface area contributed by atoms with Crippen LogP contribution in [0.15, 0.2) is 60.8 Å². The number of para-hydroxylation sites is 1. The Morgan fingerprint density at radius 2 is 1.32 bits per heavy atom. The molecular formula is C41H50Cl3N7O14. The van der Waals surface area contributed by atoms with Crippen molar-refractivity contribution in [3.63, 3.8) is 0 Å². The standard InChI is InChI=1S/C41H50Cl3N7O14/c1-23(34(55)47-18-31(52)46-19-32(53)50-30(37(58)62-21-41(42,43)44)16-33(54)61-20-25-11-7-6-8-12-25)48-35(56)29(15-26-17-45-28-14-10-9-13-27(26)28)51-38(59)64-22-63-36(57)24(2)49-39(60)65-40(3,4)5/h6-14,17,23-24,29-30,45H,15-16,18-22H2,1-5H3,(H,46,52)(H,47,55)(H,48,56)(H,49,60)(H,50,53)(H,51,59)/t23-,24-,29-,30-/m0/s1. The van der Waals surface area contributed by atoms with E-state index in [2.05, 4.69) is 36.9 Å². The molecule has 0 radical (unpaired) electrons. The monoisotopic (exact) mass is 969 g/mol. The van der Waals surface area contributed by atoms with E-state index in [1.807, 2.05) is 0 Å². The first kappa shape index (κ1) is 53.0. The van der Waals surface area contributed by atoms with Gasteiger partial charge in [0.05, 0.1) is 19.5 Å². The first-order chi connectivity index (χ1) is 30.5. The third kappa shape index (κ3) is 20.4. The number of hydrogen-bond acceptors (Lipinski definition) is 14. The molecule has 0 unspecified atom stereocenters. The van der Waals surface area contributed by atoms with E-state index in [1.165, 1.54) is 13.8 Å². The van der Waals surface area contributed by atoms with E-state index in [9.17, 15) is 43.2 Å². The summed E-state index contributed by atoms with van der Waals surface area (Å²) in [6, 6.07) is 10.4. The van der Waals surface area contributed by atoms with Crippen LogP contribution in [0.25, 0.3) is 10.9 Å². The molecule has 2 aromatic carbocycles. The third-order valence-corrected chi connectivity index (χ3v) is 8.75. The molecule has 0 fully saturated rings. The van der Waals surface area contributed by atoms with Gasteiger partial charge >= 0.3 is 30.1 Å². The molecule has 21 nitrogen and oxygen atoms in total. The number of hydrogen-bond donors (Lipinski definition) is 7. The van der Waals surface area contributed by atoms with E-state index in [4.69, 9.17) is 58.5 Å². The van der Waals surface area contributed by atoms with Gasteiger partial charge in [0.2, 0.25) is 34.2 Å². The van der Waals surface area contributed by atoms with Gasteiger partial charge in [0.1, 0.15) is 43.0 Å². The summed E-state index contributed by atoms with van der Waals surface area (Å²) in [5.74, 6) is -6.43. The highest BCUT2D eigenvalue weighted by atomic mass is 35.6. The molecule has 6 amide bonds. The smallest absolute Gasteiger partial charge is 0.410 e. The average Bonchev–Trinajstić information content (AvgIpc) is 3.64. The number of aromatic nitrogens is 1. The van der Waals surface area contributed by atoms with Crippen molar-refractivity contribution < 1.29 is 66.8 Å². The van der Waals surface area contributed by atoms with Gasteiger partial charge in [0.15, 0.2) is 0 Å². The van der Waals surface area contributed by atoms with Gasteiger partial charge in [-0.05, 0) is 51.8 Å². The predicted molar refractivity (Wildman–Crippen MR) is 233 cm³/mol. The fraction of sp³-hybridized carbons (Fsp3) is 0.439. The van der Waals surface area contributed by atoms with E-state index in [1.54, 1.807) is 81.6 Å². The van der Waals surface area contributed by atoms with E-state index in [0.717, 1.165) is 10.9 Å². The summed E-state index contributed by atoms with van der Waals surface area (Å²) in [5, 5.41) is 14.7. The lowest BCUT2D eigenvalue weighted by Gasteiger charge is -2.22. The van der Waals surface area contributed by atoms with E-state index in [-0.39, 0.29) is 13.0 Å². The van der Waals surface area contributed by atoms with Crippen LogP contribution in [0.4, 0.5) is 9.59 Å². The van der Waals surface area contributed by atoms with Crippen LogP contribution in [-0.2, 0) is 70.3 Å². The predicted octanol–water partition coefficient (Wildman–Crippen LogP) is 2.49. The summed E-state index contributed by atoms with van der Waals surface area (Å²) in [6.45, 7) is 4.45. The molecular weight excluding hydrogens is 921 g/mol. The van der Waals surface area contributed by atoms with Gasteiger partial charge in [-0.25, -0.2) is 19.2 Å². The Morgan fingerprint density at radius 3 is 2.00 bits per heavy atom. The summed E-state index contributed by atoms with van der Waals surface area (Å²) in [5.41, 5.74) is 1.20. The molecule has 3 rings (SSSR count). The average molecular weight is 971 g/mol. The number of rotatable bonds is 21. The van der Waals surface area contributed by atoms with Gasteiger partial charge in [-0.3, -0.25) is 24.0 Å². The van der Waals surface area contributed by atoms with Crippen molar-refractivity contribution >= 4 is 99.4 Å². The second-order valence-corrected chi connectivity index (χ2v) is 17.6. The van der Waals surface area contributed by atoms with Crippen molar-refractivity contribution in [2.24, 2.45) is 0 Å². The highest BCUT2D eigenvalue weighted by Gasteiger charge is 2.31. The van der Waals surface area contributed by atoms with Crippen LogP contribution in [0.5, 0.6) is 0 Å². The van der Waals surface area contributed by atoms with Crippen LogP contribution in [0.3, 0.4) is 0 Å². The number of fused-ring (bicyclic) bond motifs is 1. The topological polar surface area (TPSA) is 288 Å². The lowest BCUT2D eigenvalue weighted by molar-refractivity contribution is -0.154. The molecule has 1 heterocycles. The lowest BCUT2D eigenvalue weighted by Crippen LogP contribution is -2.54. The van der Waals surface area contributed by atoms with Crippen LogP contribution in [0.1, 0.15) is 52.2 Å². The number of H-pyrrole nitrogens is 1. The molecule has 0 saturated heterocycles. The second kappa shape index (κ2) is 25.2. The van der Waals surface area contributed by atoms with Crippen molar-refractivity contribution in [2.75, 3.05) is 26.5 Å². The molecule has 0 aliphatic carbocycles. The lowest BCUT2D eigenvalue weighted by atomic mass is 10.0. The number of carbonyl (C=O) groups excluding carboxylic acids is 9. The largest absolute Gasteiger partial charge is 0.461 e. The van der Waals surface area contributed by atoms with Crippen molar-refractivity contribution in [3.05, 3.63) is 71.9 Å². The van der Waals surface area contributed by atoms with Crippen molar-refractivity contribution in [1.29, 1.82) is 0 Å². The number of benzene rings is 2. The molecule has 0 saturated carbocycles. The molecule has 1 aromatic heterocycles. The van der Waals surface area contributed by atoms with Crippen LogP contribution < -0.4 is 31.9 Å². The van der Waals surface area contributed by atoms with E-state index in [0.29, 0.717) is 11.1 Å². The maximum atomic E-state index is 13.5. The molecule has 0 bridgehead atoms. The minimum atomic E-state index is -1.99. The summed E-state index contributed by atoms with van der Waals surface area (Å²) in [4.78, 5) is 117. The summed E-state index contributed by atoms with van der Waals surface area (Å²) < 4.78 is 23.1. The van der Waals surface area contributed by atoms with Crippen molar-refractivity contribution in [1.82, 2.24) is 36.9 Å². The summed E-state index contributed by atoms with van der Waals surface area (Å²) in [6.07, 6.45) is -1.18. The fourth-order valence-corrected chi connectivity index (χ4v) is 5.48. The van der Waals surface area contributed by atoms with E-state index < -0.39 is 120 Å². The number of amides is 6. The number of carbonyl (C=O) groups is 9. The number of ether oxygens (including phenoxy) is 5. The Kier molecular flexibility index (Phi) is 20.6. The first-order valence-corrected chi connectivity index (χ1v) is 20.8. The van der Waals surface area contributed by atoms with Gasteiger partial charge in [-0.15, -0.1) is 0 Å². The Balaban J connectivity index is 1.53. The van der Waals surface area contributed by atoms with Gasteiger partial charge in [0, 0.05) is 23.5 Å². The van der Waals surface area contributed by atoms with Crippen molar-refractivity contribution in [3.8, 4) is 0 Å². The molecule has 24 heteroatoms. The molecule has 4 atom stereocenters. The number of halogens is 3. The summed E-state index contributed by atoms with van der Waals surface area (Å²) >= 11 is 17.0. The highest BCUT2D eigenvalue weighted by Crippen LogP contribution is 2.26. The van der Waals surface area contributed by atoms with Gasteiger partial charge in [0.25, 0.3) is 0 Å². The number of nitrogens with one attached hydrogen (secondary N) is 7. The van der Waals surface area contributed by atoms with E-state index >= 15 is 0 Å². The number of esters is 3. The van der Waals surface area contributed by atoms with Crippen LogP contribution in [-0.4, -0.2) is 119 Å². The Morgan fingerprint density at radius 1 is 0.662 bits per heavy atom. The SMILES string of the molecule is C[C@H](NC(=O)[C@H](Cc1c[nH]c2ccccc12)NC(=O)OCOC(=O)[C@H](C)NC(=O)OC(C)(C)C)C(=O)NCC(=O)NCC(=O)N[C@@H](CC(=O)OCc1ccccc1)C(=O)OCC(Cl)(Cl)Cl. The first-order valence-electron chi connectivity index (χ1n) is 19.7. The highest BCUT2D eigenvalue weighted by molar-refractivity contribution is 6.67. The zero-order valence-corrected chi connectivity index (χ0v) is 38.1. The second-order valence-electron chi connectivity index (χ2n) is 15.1. The van der Waals surface area contributed by atoms with Crippen LogP contribution in [0, 0.1) is 0 Å². The molecule has 3 aromatic rings. The molecule has 0 aliphatic heterocycles. The number of alkyl carbamates (subject to hydrolysis) is 2. The molecule has 65 heavy (non-hydrogen) atoms. The molecule has 354 valence electrons. The number of alkyl halides is 3. The van der Waals surface area contributed by atoms with Gasteiger partial charge < -0.3 is 60.6 Å². The molecule has 0 spiro atoms. The zero-order valence-electron chi connectivity index (χ0n) is 35.9. The normalized spacial score (nSPS) is 13.0. The fourth-order valence-electron chi connectivity index (χ4n) is 5.32. The van der Waals surface area contributed by atoms with Gasteiger partial charge in [-0.1, -0.05) is 83.3 Å². The molecule has 7 N–H and O–H groups in total. The Labute approximate surface area is 387 Å². The maximum Gasteiger partial charge on any atom is 0.410 e. The Hall–Kier alpha value is -6.32. The minimum absolute atomic E-state index is 0.0965. The van der Waals surface area contributed by atoms with Crippen molar-refractivity contribution in [2.45, 2.75) is 87.6 Å². The van der Waals surface area contributed by atoms with Crippen LogP contribution >= 0.6 is 34.8 Å². The quantitative estimate of drug-likeness (QED) is 0.0350. The maximum absolute atomic E-state index is 13.5. The third-order valence-electron chi connectivity index (χ3n) is 8.42. The Bertz CT molecular complexity index is 2160. The number of aromatic amines is 1. The molecule has 0 aliphatic rings. The van der Waals surface area contributed by atoms with Gasteiger partial charge in [-0.2, -0.15) is 0 Å². The van der Waals surface area contributed by atoms with Crippen LogP contribution in [0.2, 0.25) is 0 Å². The zero-order chi connectivity index (χ0) is 48.3. The minimum Gasteiger partial charge on any atom is -0.461 e.